The lowest BCUT2D eigenvalue weighted by molar-refractivity contribution is -0.135. The van der Waals surface area contributed by atoms with Gasteiger partial charge >= 0.3 is 0 Å². The van der Waals surface area contributed by atoms with E-state index in [-0.39, 0.29) is 5.91 Å². The summed E-state index contributed by atoms with van der Waals surface area (Å²) in [4.78, 5) is 19.1. The maximum Gasteiger partial charge on any atom is 0.223 e. The summed E-state index contributed by atoms with van der Waals surface area (Å²) in [6, 6.07) is 0.361. The van der Waals surface area contributed by atoms with Crippen molar-refractivity contribution in [2.24, 2.45) is 7.05 Å². The molecule has 0 aromatic carbocycles. The maximum absolute atomic E-state index is 12.9. The zero-order valence-corrected chi connectivity index (χ0v) is 15.6. The second kappa shape index (κ2) is 7.85. The molecule has 136 valence electrons. The van der Waals surface area contributed by atoms with Crippen molar-refractivity contribution in [3.05, 3.63) is 35.7 Å². The monoisotopic (exact) mass is 343 g/mol. The van der Waals surface area contributed by atoms with Crippen molar-refractivity contribution in [3.8, 4) is 0 Å². The summed E-state index contributed by atoms with van der Waals surface area (Å²) >= 11 is 0. The first kappa shape index (κ1) is 17.7. The highest BCUT2D eigenvalue weighted by Crippen LogP contribution is 2.22. The van der Waals surface area contributed by atoms with E-state index in [1.165, 1.54) is 17.7 Å². The normalized spacial score (nSPS) is 17.9. The molecular weight excluding hydrogens is 314 g/mol. The van der Waals surface area contributed by atoms with E-state index in [0.717, 1.165) is 44.5 Å². The minimum atomic E-state index is 0.290. The van der Waals surface area contributed by atoms with Crippen LogP contribution >= 0.6 is 0 Å². The first-order valence-electron chi connectivity index (χ1n) is 9.30. The molecule has 6 nitrogen and oxygen atoms in total. The molecular formula is C19H29N5O. The van der Waals surface area contributed by atoms with Crippen LogP contribution in [0.3, 0.4) is 0 Å². The van der Waals surface area contributed by atoms with Gasteiger partial charge in [0, 0.05) is 50.7 Å². The van der Waals surface area contributed by atoms with Crippen LogP contribution in [0.2, 0.25) is 0 Å². The molecule has 1 fully saturated rings. The van der Waals surface area contributed by atoms with E-state index in [0.29, 0.717) is 12.5 Å². The molecule has 1 unspecified atom stereocenters. The maximum atomic E-state index is 12.9. The van der Waals surface area contributed by atoms with Crippen molar-refractivity contribution < 1.29 is 4.79 Å². The van der Waals surface area contributed by atoms with Crippen LogP contribution in [0, 0.1) is 13.8 Å². The van der Waals surface area contributed by atoms with Gasteiger partial charge in [-0.05, 0) is 51.5 Å². The Morgan fingerprint density at radius 1 is 1.32 bits per heavy atom. The van der Waals surface area contributed by atoms with Gasteiger partial charge < -0.3 is 9.47 Å². The number of aryl methyl sites for hydroxylation is 3. The lowest BCUT2D eigenvalue weighted by Crippen LogP contribution is -2.44. The van der Waals surface area contributed by atoms with E-state index in [9.17, 15) is 4.79 Å². The highest BCUT2D eigenvalue weighted by Gasteiger charge is 2.26. The van der Waals surface area contributed by atoms with Crippen LogP contribution in [-0.4, -0.2) is 42.7 Å². The average Bonchev–Trinajstić information content (AvgIpc) is 3.21. The van der Waals surface area contributed by atoms with Crippen LogP contribution in [0.4, 0.5) is 0 Å². The standard InChI is InChI=1S/C19H29N5O/c1-15-18(16(2)22(3)21-15)7-8-19(25)24-11-5-4-6-17(24)9-12-23-13-10-20-14-23/h10,13-14,17H,4-9,11-12H2,1-3H3. The molecule has 0 N–H and O–H groups in total. The summed E-state index contributed by atoms with van der Waals surface area (Å²) in [5, 5.41) is 4.46. The van der Waals surface area contributed by atoms with Gasteiger partial charge in [-0.3, -0.25) is 9.48 Å². The molecule has 0 saturated carbocycles. The van der Waals surface area contributed by atoms with Gasteiger partial charge in [-0.1, -0.05) is 0 Å². The second-order valence-electron chi connectivity index (χ2n) is 7.10. The molecule has 1 atom stereocenters. The third kappa shape index (κ3) is 4.11. The number of rotatable bonds is 6. The molecule has 1 saturated heterocycles. The Hall–Kier alpha value is -2.11. The van der Waals surface area contributed by atoms with Crippen molar-refractivity contribution in [1.29, 1.82) is 0 Å². The molecule has 0 spiro atoms. The fourth-order valence-corrected chi connectivity index (χ4v) is 3.90. The van der Waals surface area contributed by atoms with Gasteiger partial charge in [-0.15, -0.1) is 0 Å². The van der Waals surface area contributed by atoms with E-state index in [4.69, 9.17) is 0 Å². The number of likely N-dealkylation sites (tertiary alicyclic amines) is 1. The van der Waals surface area contributed by atoms with Crippen LogP contribution in [0.1, 0.15) is 49.1 Å². The van der Waals surface area contributed by atoms with Crippen molar-refractivity contribution in [2.75, 3.05) is 6.54 Å². The summed E-state index contributed by atoms with van der Waals surface area (Å²) in [6.45, 7) is 5.93. The number of hydrogen-bond donors (Lipinski definition) is 0. The fraction of sp³-hybridized carbons (Fsp3) is 0.632. The molecule has 0 radical (unpaired) electrons. The SMILES string of the molecule is Cc1nn(C)c(C)c1CCC(=O)N1CCCCC1CCn1ccnc1. The van der Waals surface area contributed by atoms with Gasteiger partial charge in [-0.25, -0.2) is 4.98 Å². The molecule has 25 heavy (non-hydrogen) atoms. The smallest absolute Gasteiger partial charge is 0.223 e. The van der Waals surface area contributed by atoms with Crippen LogP contribution in [0.5, 0.6) is 0 Å². The molecule has 3 rings (SSSR count). The number of amides is 1. The Kier molecular flexibility index (Phi) is 5.56. The molecule has 2 aromatic rings. The lowest BCUT2D eigenvalue weighted by Gasteiger charge is -2.36. The predicted octanol–water partition coefficient (Wildman–Crippen LogP) is 2.64. The first-order valence-corrected chi connectivity index (χ1v) is 9.30. The largest absolute Gasteiger partial charge is 0.340 e. The van der Waals surface area contributed by atoms with Crippen LogP contribution in [-0.2, 0) is 24.8 Å². The van der Waals surface area contributed by atoms with E-state index < -0.39 is 0 Å². The number of carbonyl (C=O) groups excluding carboxylic acids is 1. The van der Waals surface area contributed by atoms with Crippen molar-refractivity contribution >= 4 is 5.91 Å². The Balaban J connectivity index is 1.58. The number of hydrogen-bond acceptors (Lipinski definition) is 3. The van der Waals surface area contributed by atoms with Gasteiger partial charge in [0.2, 0.25) is 5.91 Å². The van der Waals surface area contributed by atoms with E-state index >= 15 is 0 Å². The molecule has 1 aliphatic heterocycles. The van der Waals surface area contributed by atoms with E-state index in [2.05, 4.69) is 26.5 Å². The van der Waals surface area contributed by atoms with Crippen molar-refractivity contribution in [2.45, 2.75) is 65.0 Å². The predicted molar refractivity (Wildman–Crippen MR) is 97.2 cm³/mol. The molecule has 2 aromatic heterocycles. The van der Waals surface area contributed by atoms with Crippen LogP contribution in [0.25, 0.3) is 0 Å². The summed E-state index contributed by atoms with van der Waals surface area (Å²) in [5.74, 6) is 0.290. The molecule has 0 aliphatic carbocycles. The third-order valence-corrected chi connectivity index (χ3v) is 5.47. The van der Waals surface area contributed by atoms with Crippen LogP contribution < -0.4 is 0 Å². The highest BCUT2D eigenvalue weighted by molar-refractivity contribution is 5.77. The Bertz CT molecular complexity index is 704. The molecule has 6 heteroatoms. The van der Waals surface area contributed by atoms with Crippen LogP contribution in [0.15, 0.2) is 18.7 Å². The van der Waals surface area contributed by atoms with Gasteiger partial charge in [0.25, 0.3) is 0 Å². The molecule has 1 aliphatic rings. The second-order valence-corrected chi connectivity index (χ2v) is 7.10. The summed E-state index contributed by atoms with van der Waals surface area (Å²) < 4.78 is 4.00. The van der Waals surface area contributed by atoms with Crippen molar-refractivity contribution in [1.82, 2.24) is 24.2 Å². The van der Waals surface area contributed by atoms with Gasteiger partial charge in [0.15, 0.2) is 0 Å². The Labute approximate surface area is 149 Å². The van der Waals surface area contributed by atoms with E-state index in [1.54, 1.807) is 0 Å². The summed E-state index contributed by atoms with van der Waals surface area (Å²) in [6.07, 6.45) is 11.5. The number of carbonyl (C=O) groups is 1. The quantitative estimate of drug-likeness (QED) is 0.810. The highest BCUT2D eigenvalue weighted by atomic mass is 16.2. The summed E-state index contributed by atoms with van der Waals surface area (Å²) in [7, 11) is 1.96. The molecule has 1 amide bonds. The van der Waals surface area contributed by atoms with E-state index in [1.807, 2.05) is 37.4 Å². The number of imidazole rings is 1. The zero-order valence-electron chi connectivity index (χ0n) is 15.6. The zero-order chi connectivity index (χ0) is 17.8. The fourth-order valence-electron chi connectivity index (χ4n) is 3.90. The first-order chi connectivity index (χ1) is 12.1. The Morgan fingerprint density at radius 2 is 2.16 bits per heavy atom. The van der Waals surface area contributed by atoms with Gasteiger partial charge in [0.05, 0.1) is 12.0 Å². The Morgan fingerprint density at radius 3 is 2.84 bits per heavy atom. The van der Waals surface area contributed by atoms with Gasteiger partial charge in [0.1, 0.15) is 0 Å². The van der Waals surface area contributed by atoms with Crippen molar-refractivity contribution in [3.63, 3.8) is 0 Å². The average molecular weight is 343 g/mol. The minimum Gasteiger partial charge on any atom is -0.340 e. The number of nitrogens with zero attached hydrogens (tertiary/aromatic N) is 5. The molecule has 3 heterocycles. The summed E-state index contributed by atoms with van der Waals surface area (Å²) in [5.41, 5.74) is 3.44. The number of aromatic nitrogens is 4. The lowest BCUT2D eigenvalue weighted by atomic mass is 9.98. The third-order valence-electron chi connectivity index (χ3n) is 5.47. The number of piperidine rings is 1. The molecule has 0 bridgehead atoms. The topological polar surface area (TPSA) is 56.0 Å². The minimum absolute atomic E-state index is 0.290. The van der Waals surface area contributed by atoms with Gasteiger partial charge in [-0.2, -0.15) is 5.10 Å².